The van der Waals surface area contributed by atoms with Gasteiger partial charge in [-0.15, -0.1) is 11.3 Å². The van der Waals surface area contributed by atoms with Gasteiger partial charge < -0.3 is 25.6 Å². The van der Waals surface area contributed by atoms with E-state index in [0.29, 0.717) is 43.2 Å². The Bertz CT molecular complexity index is 918. The number of ether oxygens (including phenoxy) is 1. The van der Waals surface area contributed by atoms with Gasteiger partial charge in [-0.2, -0.15) is 0 Å². The van der Waals surface area contributed by atoms with Crippen LogP contribution in [0.2, 0.25) is 0 Å². The molecule has 3 N–H and O–H groups in total. The minimum Gasteiger partial charge on any atom is -0.497 e. The highest BCUT2D eigenvalue weighted by Crippen LogP contribution is 2.27. The van der Waals surface area contributed by atoms with E-state index in [1.807, 2.05) is 35.7 Å². The maximum Gasteiger partial charge on any atom is 0.264 e. The van der Waals surface area contributed by atoms with Gasteiger partial charge in [-0.3, -0.25) is 14.4 Å². The summed E-state index contributed by atoms with van der Waals surface area (Å²) in [5.41, 5.74) is 6.40. The summed E-state index contributed by atoms with van der Waals surface area (Å²) < 4.78 is 5.31. The molecule has 1 aliphatic rings. The first-order valence-corrected chi connectivity index (χ1v) is 11.0. The highest BCUT2D eigenvalue weighted by atomic mass is 32.1. The monoisotopic (exact) mass is 444 g/mol. The summed E-state index contributed by atoms with van der Waals surface area (Å²) in [5.74, 6) is 0.152. The van der Waals surface area contributed by atoms with E-state index < -0.39 is 6.04 Å². The third kappa shape index (κ3) is 5.42. The number of rotatable bonds is 8. The first-order valence-electron chi connectivity index (χ1n) is 10.2. The number of methoxy groups -OCH3 is 1. The molecule has 1 aliphatic heterocycles. The number of nitrogens with zero attached hydrogens (tertiary/aromatic N) is 2. The lowest BCUT2D eigenvalue weighted by Gasteiger charge is -2.29. The Kier molecular flexibility index (Phi) is 7.64. The molecule has 0 radical (unpaired) electrons. The van der Waals surface area contributed by atoms with E-state index in [1.165, 1.54) is 23.2 Å². The SMILES string of the molecule is COc1cccc(CN(C(=O)c2cccs2)C2CC(C(=O)NCCN)N(C(C)=O)C2)c1. The van der Waals surface area contributed by atoms with Gasteiger partial charge in [-0.25, -0.2) is 0 Å². The van der Waals surface area contributed by atoms with Crippen LogP contribution in [0.25, 0.3) is 0 Å². The third-order valence-electron chi connectivity index (χ3n) is 5.35. The predicted octanol–water partition coefficient (Wildman–Crippen LogP) is 1.46. The molecule has 31 heavy (non-hydrogen) atoms. The zero-order valence-electron chi connectivity index (χ0n) is 17.7. The average Bonchev–Trinajstić information content (AvgIpc) is 3.46. The average molecular weight is 445 g/mol. The van der Waals surface area contributed by atoms with Crippen LogP contribution in [0.3, 0.4) is 0 Å². The highest BCUT2D eigenvalue weighted by molar-refractivity contribution is 7.12. The van der Waals surface area contributed by atoms with E-state index in [9.17, 15) is 14.4 Å². The van der Waals surface area contributed by atoms with Gasteiger partial charge in [-0.1, -0.05) is 18.2 Å². The second kappa shape index (κ2) is 10.4. The number of carbonyl (C=O) groups excluding carboxylic acids is 3. The molecule has 2 atom stereocenters. The van der Waals surface area contributed by atoms with Gasteiger partial charge in [0.05, 0.1) is 18.0 Å². The Hall–Kier alpha value is -2.91. The number of nitrogens with one attached hydrogen (secondary N) is 1. The van der Waals surface area contributed by atoms with Crippen LogP contribution in [0.4, 0.5) is 0 Å². The van der Waals surface area contributed by atoms with Crippen LogP contribution in [0.5, 0.6) is 5.75 Å². The Morgan fingerprint density at radius 3 is 2.74 bits per heavy atom. The molecule has 1 aromatic carbocycles. The predicted molar refractivity (Wildman–Crippen MR) is 119 cm³/mol. The summed E-state index contributed by atoms with van der Waals surface area (Å²) in [6.07, 6.45) is 0.372. The van der Waals surface area contributed by atoms with Crippen LogP contribution in [-0.4, -0.2) is 66.3 Å². The van der Waals surface area contributed by atoms with Gasteiger partial charge in [0.25, 0.3) is 5.91 Å². The highest BCUT2D eigenvalue weighted by Gasteiger charge is 2.42. The number of thiophene rings is 1. The van der Waals surface area contributed by atoms with Crippen LogP contribution >= 0.6 is 11.3 Å². The van der Waals surface area contributed by atoms with Crippen LogP contribution in [0, 0.1) is 0 Å². The number of benzene rings is 1. The molecule has 166 valence electrons. The summed E-state index contributed by atoms with van der Waals surface area (Å²) in [6.45, 7) is 2.76. The lowest BCUT2D eigenvalue weighted by atomic mass is 10.1. The van der Waals surface area contributed by atoms with Crippen LogP contribution in [-0.2, 0) is 16.1 Å². The Morgan fingerprint density at radius 2 is 2.10 bits per heavy atom. The number of amides is 3. The van der Waals surface area contributed by atoms with Crippen LogP contribution in [0.1, 0.15) is 28.6 Å². The minimum absolute atomic E-state index is 0.116. The van der Waals surface area contributed by atoms with E-state index >= 15 is 0 Å². The standard InChI is InChI=1S/C22H28N4O4S/c1-15(27)25-14-17(12-19(25)21(28)24-9-8-23)26(22(29)20-7-4-10-31-20)13-16-5-3-6-18(11-16)30-2/h3-7,10-11,17,19H,8-9,12-14,23H2,1-2H3,(H,24,28). The van der Waals surface area contributed by atoms with Gasteiger partial charge in [0.15, 0.2) is 0 Å². The normalized spacial score (nSPS) is 18.0. The molecule has 8 nitrogen and oxygen atoms in total. The number of carbonyl (C=O) groups is 3. The fraction of sp³-hybridized carbons (Fsp3) is 0.409. The van der Waals surface area contributed by atoms with Gasteiger partial charge in [0, 0.05) is 33.1 Å². The van der Waals surface area contributed by atoms with Crippen molar-refractivity contribution in [3.63, 3.8) is 0 Å². The van der Waals surface area contributed by atoms with Crippen molar-refractivity contribution in [1.29, 1.82) is 0 Å². The minimum atomic E-state index is -0.627. The zero-order valence-corrected chi connectivity index (χ0v) is 18.6. The summed E-state index contributed by atoms with van der Waals surface area (Å²) in [7, 11) is 1.60. The van der Waals surface area contributed by atoms with Crippen molar-refractivity contribution in [3.8, 4) is 5.75 Å². The summed E-state index contributed by atoms with van der Waals surface area (Å²) in [6, 6.07) is 10.2. The van der Waals surface area contributed by atoms with Crippen molar-refractivity contribution in [1.82, 2.24) is 15.1 Å². The molecule has 2 heterocycles. The van der Waals surface area contributed by atoms with Gasteiger partial charge in [-0.05, 0) is 35.6 Å². The summed E-state index contributed by atoms with van der Waals surface area (Å²) in [5, 5.41) is 4.62. The molecule has 1 fully saturated rings. The molecule has 0 saturated carbocycles. The third-order valence-corrected chi connectivity index (χ3v) is 6.21. The fourth-order valence-electron chi connectivity index (χ4n) is 3.83. The lowest BCUT2D eigenvalue weighted by molar-refractivity contribution is -0.136. The molecular formula is C22H28N4O4S. The van der Waals surface area contributed by atoms with Gasteiger partial charge >= 0.3 is 0 Å². The maximum atomic E-state index is 13.4. The second-order valence-corrected chi connectivity index (χ2v) is 8.37. The smallest absolute Gasteiger partial charge is 0.264 e. The van der Waals surface area contributed by atoms with Crippen molar-refractivity contribution in [2.45, 2.75) is 32.0 Å². The van der Waals surface area contributed by atoms with Gasteiger partial charge in [0.2, 0.25) is 11.8 Å². The molecule has 3 amide bonds. The lowest BCUT2D eigenvalue weighted by Crippen LogP contribution is -2.46. The number of hydrogen-bond acceptors (Lipinski definition) is 6. The van der Waals surface area contributed by atoms with E-state index in [1.54, 1.807) is 18.1 Å². The first-order chi connectivity index (χ1) is 14.9. The van der Waals surface area contributed by atoms with Crippen molar-refractivity contribution in [2.75, 3.05) is 26.7 Å². The maximum absolute atomic E-state index is 13.4. The largest absolute Gasteiger partial charge is 0.497 e. The molecule has 0 spiro atoms. The summed E-state index contributed by atoms with van der Waals surface area (Å²) >= 11 is 1.37. The fourth-order valence-corrected chi connectivity index (χ4v) is 4.50. The molecule has 1 saturated heterocycles. The number of hydrogen-bond donors (Lipinski definition) is 2. The van der Waals surface area contributed by atoms with E-state index in [-0.39, 0.29) is 23.8 Å². The van der Waals surface area contributed by atoms with Crippen LogP contribution in [0.15, 0.2) is 41.8 Å². The zero-order chi connectivity index (χ0) is 22.4. The molecule has 3 rings (SSSR count). The Labute approximate surface area is 186 Å². The van der Waals surface area contributed by atoms with E-state index in [0.717, 1.165) is 5.56 Å². The van der Waals surface area contributed by atoms with Crippen LogP contribution < -0.4 is 15.8 Å². The van der Waals surface area contributed by atoms with Crippen molar-refractivity contribution in [2.24, 2.45) is 5.73 Å². The number of likely N-dealkylation sites (tertiary alicyclic amines) is 1. The Morgan fingerprint density at radius 1 is 1.29 bits per heavy atom. The molecule has 9 heteroatoms. The molecule has 2 aromatic rings. The van der Waals surface area contributed by atoms with Crippen molar-refractivity contribution in [3.05, 3.63) is 52.2 Å². The van der Waals surface area contributed by atoms with E-state index in [4.69, 9.17) is 10.5 Å². The molecule has 1 aromatic heterocycles. The van der Waals surface area contributed by atoms with Crippen molar-refractivity contribution < 1.29 is 19.1 Å². The molecular weight excluding hydrogens is 416 g/mol. The molecule has 0 aliphatic carbocycles. The topological polar surface area (TPSA) is 105 Å². The second-order valence-electron chi connectivity index (χ2n) is 7.42. The first kappa shape index (κ1) is 22.8. The Balaban J connectivity index is 1.88. The van der Waals surface area contributed by atoms with Crippen molar-refractivity contribution >= 4 is 29.1 Å². The number of nitrogens with two attached hydrogens (primary N) is 1. The van der Waals surface area contributed by atoms with Gasteiger partial charge in [0.1, 0.15) is 11.8 Å². The molecule has 0 bridgehead atoms. The quantitative estimate of drug-likeness (QED) is 0.641. The molecule has 2 unspecified atom stereocenters. The summed E-state index contributed by atoms with van der Waals surface area (Å²) in [4.78, 5) is 42.2. The van der Waals surface area contributed by atoms with E-state index in [2.05, 4.69) is 5.32 Å².